The van der Waals surface area contributed by atoms with Crippen LogP contribution in [0.15, 0.2) is 53.5 Å². The maximum absolute atomic E-state index is 12.9. The molecule has 0 aliphatic carbocycles. The SMILES string of the molecule is CN=C(NCCNC(=O)Cc1ccc(F)cc1)N1CCN(c2cccc(OC)c2)CC1. The minimum Gasteiger partial charge on any atom is -0.497 e. The number of hydrogen-bond acceptors (Lipinski definition) is 4. The molecule has 0 saturated carbocycles. The van der Waals surface area contributed by atoms with Crippen LogP contribution in [-0.4, -0.2) is 70.2 Å². The van der Waals surface area contributed by atoms with E-state index in [0.717, 1.165) is 49.1 Å². The number of piperazine rings is 1. The maximum Gasteiger partial charge on any atom is 0.224 e. The van der Waals surface area contributed by atoms with Crippen LogP contribution in [0.1, 0.15) is 5.56 Å². The van der Waals surface area contributed by atoms with Crippen LogP contribution in [0.3, 0.4) is 0 Å². The summed E-state index contributed by atoms with van der Waals surface area (Å²) in [6, 6.07) is 14.1. The van der Waals surface area contributed by atoms with Crippen LogP contribution in [-0.2, 0) is 11.2 Å². The summed E-state index contributed by atoms with van der Waals surface area (Å²) < 4.78 is 18.3. The van der Waals surface area contributed by atoms with Crippen molar-refractivity contribution in [2.24, 2.45) is 4.99 Å². The molecule has 1 amide bonds. The number of nitrogens with one attached hydrogen (secondary N) is 2. The van der Waals surface area contributed by atoms with Crippen molar-refractivity contribution in [3.8, 4) is 5.75 Å². The van der Waals surface area contributed by atoms with Gasteiger partial charge in [0.1, 0.15) is 11.6 Å². The van der Waals surface area contributed by atoms with Crippen molar-refractivity contribution in [3.05, 3.63) is 59.9 Å². The molecular formula is C23H30FN5O2. The highest BCUT2D eigenvalue weighted by atomic mass is 19.1. The van der Waals surface area contributed by atoms with E-state index in [9.17, 15) is 9.18 Å². The first-order valence-electron chi connectivity index (χ1n) is 10.4. The zero-order valence-electron chi connectivity index (χ0n) is 18.1. The molecule has 166 valence electrons. The van der Waals surface area contributed by atoms with Crippen molar-refractivity contribution in [2.75, 3.05) is 58.3 Å². The number of nitrogens with zero attached hydrogens (tertiary/aromatic N) is 3. The van der Waals surface area contributed by atoms with Crippen LogP contribution in [0.25, 0.3) is 0 Å². The zero-order chi connectivity index (χ0) is 22.1. The molecule has 1 aliphatic rings. The third-order valence-electron chi connectivity index (χ3n) is 5.22. The van der Waals surface area contributed by atoms with Gasteiger partial charge in [-0.1, -0.05) is 18.2 Å². The summed E-state index contributed by atoms with van der Waals surface area (Å²) in [5, 5.41) is 6.19. The molecule has 2 N–H and O–H groups in total. The van der Waals surface area contributed by atoms with Gasteiger partial charge in [0.15, 0.2) is 5.96 Å². The Kier molecular flexibility index (Phi) is 8.09. The third kappa shape index (κ3) is 6.60. The fourth-order valence-corrected chi connectivity index (χ4v) is 3.54. The van der Waals surface area contributed by atoms with Gasteiger partial charge >= 0.3 is 0 Å². The predicted molar refractivity (Wildman–Crippen MR) is 121 cm³/mol. The maximum atomic E-state index is 12.9. The lowest BCUT2D eigenvalue weighted by molar-refractivity contribution is -0.120. The molecule has 0 atom stereocenters. The van der Waals surface area contributed by atoms with Gasteiger partial charge in [-0.05, 0) is 29.8 Å². The Morgan fingerprint density at radius 2 is 1.77 bits per heavy atom. The lowest BCUT2D eigenvalue weighted by atomic mass is 10.1. The number of methoxy groups -OCH3 is 1. The second-order valence-corrected chi connectivity index (χ2v) is 7.30. The van der Waals surface area contributed by atoms with Crippen LogP contribution in [0.2, 0.25) is 0 Å². The highest BCUT2D eigenvalue weighted by molar-refractivity contribution is 5.80. The summed E-state index contributed by atoms with van der Waals surface area (Å²) in [5.41, 5.74) is 1.95. The second-order valence-electron chi connectivity index (χ2n) is 7.30. The number of benzene rings is 2. The average molecular weight is 428 g/mol. The van der Waals surface area contributed by atoms with Gasteiger partial charge in [-0.3, -0.25) is 9.79 Å². The standard InChI is InChI=1S/C23H30FN5O2/c1-25-23(27-11-10-26-22(30)16-18-6-8-19(24)9-7-18)29-14-12-28(13-15-29)20-4-3-5-21(17-20)31-2/h3-9,17H,10-16H2,1-2H3,(H,25,27)(H,26,30). The van der Waals surface area contributed by atoms with Crippen LogP contribution < -0.4 is 20.3 Å². The molecule has 1 heterocycles. The van der Waals surface area contributed by atoms with Crippen molar-refractivity contribution in [1.29, 1.82) is 0 Å². The molecule has 2 aromatic rings. The van der Waals surface area contributed by atoms with Crippen LogP contribution in [0, 0.1) is 5.82 Å². The van der Waals surface area contributed by atoms with E-state index in [1.54, 1.807) is 26.3 Å². The largest absolute Gasteiger partial charge is 0.497 e. The van der Waals surface area contributed by atoms with Crippen molar-refractivity contribution in [2.45, 2.75) is 6.42 Å². The first kappa shape index (κ1) is 22.4. The molecular weight excluding hydrogens is 397 g/mol. The van der Waals surface area contributed by atoms with E-state index in [2.05, 4.69) is 37.6 Å². The molecule has 7 nitrogen and oxygen atoms in total. The van der Waals surface area contributed by atoms with Gasteiger partial charge in [0, 0.05) is 58.1 Å². The molecule has 0 aromatic heterocycles. The summed E-state index contributed by atoms with van der Waals surface area (Å²) >= 11 is 0. The first-order chi connectivity index (χ1) is 15.1. The summed E-state index contributed by atoms with van der Waals surface area (Å²) in [7, 11) is 3.45. The number of ether oxygens (including phenoxy) is 1. The van der Waals surface area contributed by atoms with E-state index in [1.165, 1.54) is 12.1 Å². The molecule has 0 spiro atoms. The Morgan fingerprint density at radius 3 is 2.45 bits per heavy atom. The summed E-state index contributed by atoms with van der Waals surface area (Å²) in [4.78, 5) is 21.0. The minimum atomic E-state index is -0.302. The molecule has 1 fully saturated rings. The highest BCUT2D eigenvalue weighted by Crippen LogP contribution is 2.22. The number of rotatable bonds is 7. The number of hydrogen-bond donors (Lipinski definition) is 2. The van der Waals surface area contributed by atoms with Crippen molar-refractivity contribution < 1.29 is 13.9 Å². The molecule has 0 radical (unpaired) electrons. The molecule has 2 aromatic carbocycles. The summed E-state index contributed by atoms with van der Waals surface area (Å²) in [6.45, 7) is 4.56. The van der Waals surface area contributed by atoms with E-state index in [-0.39, 0.29) is 18.1 Å². The normalized spacial score (nSPS) is 14.4. The lowest BCUT2D eigenvalue weighted by Gasteiger charge is -2.37. The number of guanidine groups is 1. The Morgan fingerprint density at radius 1 is 1.06 bits per heavy atom. The number of aliphatic imine (C=N–C) groups is 1. The van der Waals surface area contributed by atoms with E-state index >= 15 is 0 Å². The molecule has 3 rings (SSSR count). The number of anilines is 1. The van der Waals surface area contributed by atoms with Gasteiger partial charge in [-0.25, -0.2) is 4.39 Å². The number of carbonyl (C=O) groups is 1. The fraction of sp³-hybridized carbons (Fsp3) is 0.391. The molecule has 0 unspecified atom stereocenters. The van der Waals surface area contributed by atoms with Gasteiger partial charge in [0.05, 0.1) is 13.5 Å². The van der Waals surface area contributed by atoms with Crippen LogP contribution >= 0.6 is 0 Å². The highest BCUT2D eigenvalue weighted by Gasteiger charge is 2.20. The lowest BCUT2D eigenvalue weighted by Crippen LogP contribution is -2.53. The smallest absolute Gasteiger partial charge is 0.224 e. The number of halogens is 1. The van der Waals surface area contributed by atoms with Gasteiger partial charge in [-0.15, -0.1) is 0 Å². The van der Waals surface area contributed by atoms with E-state index in [1.807, 2.05) is 12.1 Å². The van der Waals surface area contributed by atoms with Gasteiger partial charge in [0.2, 0.25) is 5.91 Å². The quantitative estimate of drug-likeness (QED) is 0.401. The summed E-state index contributed by atoms with van der Waals surface area (Å²) in [5.74, 6) is 1.30. The Hall–Kier alpha value is -3.29. The van der Waals surface area contributed by atoms with Crippen molar-refractivity contribution in [1.82, 2.24) is 15.5 Å². The fourth-order valence-electron chi connectivity index (χ4n) is 3.54. The predicted octanol–water partition coefficient (Wildman–Crippen LogP) is 1.89. The van der Waals surface area contributed by atoms with Gasteiger partial charge in [0.25, 0.3) is 0 Å². The minimum absolute atomic E-state index is 0.0877. The van der Waals surface area contributed by atoms with E-state index < -0.39 is 0 Å². The van der Waals surface area contributed by atoms with Crippen LogP contribution in [0.4, 0.5) is 10.1 Å². The molecule has 31 heavy (non-hydrogen) atoms. The third-order valence-corrected chi connectivity index (χ3v) is 5.22. The molecule has 8 heteroatoms. The van der Waals surface area contributed by atoms with Gasteiger partial charge in [-0.2, -0.15) is 0 Å². The van der Waals surface area contributed by atoms with Crippen LogP contribution in [0.5, 0.6) is 5.75 Å². The summed E-state index contributed by atoms with van der Waals surface area (Å²) in [6.07, 6.45) is 0.237. The van der Waals surface area contributed by atoms with Crippen molar-refractivity contribution >= 4 is 17.6 Å². The Bertz CT molecular complexity index is 880. The topological polar surface area (TPSA) is 69.2 Å². The molecule has 1 saturated heterocycles. The number of carbonyl (C=O) groups excluding carboxylic acids is 1. The average Bonchev–Trinajstić information content (AvgIpc) is 2.81. The number of amides is 1. The zero-order valence-corrected chi connectivity index (χ0v) is 18.1. The second kappa shape index (κ2) is 11.2. The van der Waals surface area contributed by atoms with E-state index in [0.29, 0.717) is 13.1 Å². The Labute approximate surface area is 182 Å². The van der Waals surface area contributed by atoms with E-state index in [4.69, 9.17) is 4.74 Å². The van der Waals surface area contributed by atoms with Crippen molar-refractivity contribution in [3.63, 3.8) is 0 Å². The first-order valence-corrected chi connectivity index (χ1v) is 10.4. The molecule has 1 aliphatic heterocycles. The van der Waals surface area contributed by atoms with Gasteiger partial charge < -0.3 is 25.2 Å². The monoisotopic (exact) mass is 427 g/mol. The molecule has 0 bridgehead atoms. The Balaban J connectivity index is 1.38.